The van der Waals surface area contributed by atoms with Crippen molar-refractivity contribution < 1.29 is 0 Å². The average Bonchev–Trinajstić information content (AvgIpc) is 2.47. The Hall–Kier alpha value is -1.50. The van der Waals surface area contributed by atoms with Gasteiger partial charge in [-0.05, 0) is 49.2 Å². The molecule has 2 aromatic rings. The molecule has 0 amide bonds. The van der Waals surface area contributed by atoms with Crippen molar-refractivity contribution in [3.63, 3.8) is 0 Å². The van der Waals surface area contributed by atoms with Gasteiger partial charge in [-0.15, -0.1) is 0 Å². The second-order valence-corrected chi connectivity index (χ2v) is 6.69. The molecule has 0 aromatic heterocycles. The van der Waals surface area contributed by atoms with Gasteiger partial charge in [0, 0.05) is 21.7 Å². The summed E-state index contributed by atoms with van der Waals surface area (Å²) in [6.45, 7) is 4.54. The van der Waals surface area contributed by atoms with Crippen LogP contribution in [0.15, 0.2) is 46.9 Å². The first-order valence-electron chi connectivity index (χ1n) is 6.62. The van der Waals surface area contributed by atoms with Crippen LogP contribution in [0, 0.1) is 11.3 Å². The molecule has 0 fully saturated rings. The summed E-state index contributed by atoms with van der Waals surface area (Å²) in [6.07, 6.45) is 0. The van der Waals surface area contributed by atoms with Gasteiger partial charge in [0.1, 0.15) is 0 Å². The van der Waals surface area contributed by atoms with Crippen LogP contribution < -0.4 is 5.32 Å². The van der Waals surface area contributed by atoms with Gasteiger partial charge in [0.05, 0.1) is 11.5 Å². The Morgan fingerprint density at radius 3 is 2.43 bits per heavy atom. The molecular weight excluding hydrogens is 348 g/mol. The molecular formula is C17H16BrClN2. The van der Waals surface area contributed by atoms with E-state index in [0.29, 0.717) is 11.6 Å². The SMILES string of the molecule is CC(C)(C#N)c1ccc(NCc2ccc(Cl)cc2Br)cc1. The fourth-order valence-electron chi connectivity index (χ4n) is 1.93. The molecule has 0 atom stereocenters. The van der Waals surface area contributed by atoms with Crippen LogP contribution in [0.4, 0.5) is 5.69 Å². The van der Waals surface area contributed by atoms with Gasteiger partial charge in [-0.1, -0.05) is 45.7 Å². The molecule has 0 radical (unpaired) electrons. The lowest BCUT2D eigenvalue weighted by molar-refractivity contribution is 0.687. The van der Waals surface area contributed by atoms with Gasteiger partial charge in [-0.3, -0.25) is 0 Å². The van der Waals surface area contributed by atoms with Crippen LogP contribution in [0.5, 0.6) is 0 Å². The normalized spacial score (nSPS) is 11.0. The van der Waals surface area contributed by atoms with Crippen LogP contribution in [-0.2, 0) is 12.0 Å². The second-order valence-electron chi connectivity index (χ2n) is 5.40. The molecule has 2 rings (SSSR count). The lowest BCUT2D eigenvalue weighted by atomic mass is 9.86. The zero-order valence-electron chi connectivity index (χ0n) is 12.0. The number of benzene rings is 2. The van der Waals surface area contributed by atoms with E-state index >= 15 is 0 Å². The average molecular weight is 364 g/mol. The van der Waals surface area contributed by atoms with Crippen molar-refractivity contribution >= 4 is 33.2 Å². The zero-order chi connectivity index (χ0) is 15.5. The summed E-state index contributed by atoms with van der Waals surface area (Å²) in [5.74, 6) is 0. The minimum Gasteiger partial charge on any atom is -0.381 e. The van der Waals surface area contributed by atoms with E-state index in [1.54, 1.807) is 0 Å². The second kappa shape index (κ2) is 6.51. The summed E-state index contributed by atoms with van der Waals surface area (Å²) in [7, 11) is 0. The number of hydrogen-bond acceptors (Lipinski definition) is 2. The van der Waals surface area contributed by atoms with Crippen molar-refractivity contribution in [1.82, 2.24) is 0 Å². The molecule has 21 heavy (non-hydrogen) atoms. The molecule has 2 aromatic carbocycles. The Balaban J connectivity index is 2.06. The van der Waals surface area contributed by atoms with Crippen LogP contribution in [0.3, 0.4) is 0 Å². The molecule has 0 aliphatic carbocycles. The fraction of sp³-hybridized carbons (Fsp3) is 0.235. The van der Waals surface area contributed by atoms with E-state index in [2.05, 4.69) is 27.3 Å². The van der Waals surface area contributed by atoms with Gasteiger partial charge in [0.2, 0.25) is 0 Å². The van der Waals surface area contributed by atoms with Crippen LogP contribution in [0.1, 0.15) is 25.0 Å². The summed E-state index contributed by atoms with van der Waals surface area (Å²) in [4.78, 5) is 0. The molecule has 0 aliphatic heterocycles. The maximum atomic E-state index is 9.14. The number of halogens is 2. The Morgan fingerprint density at radius 2 is 1.86 bits per heavy atom. The predicted octanol–water partition coefficient (Wildman–Crippen LogP) is 5.52. The number of rotatable bonds is 4. The van der Waals surface area contributed by atoms with E-state index in [4.69, 9.17) is 16.9 Å². The van der Waals surface area contributed by atoms with Crippen LogP contribution in [0.2, 0.25) is 5.02 Å². The zero-order valence-corrected chi connectivity index (χ0v) is 14.3. The van der Waals surface area contributed by atoms with Crippen molar-refractivity contribution in [3.8, 4) is 6.07 Å². The summed E-state index contributed by atoms with van der Waals surface area (Å²) in [6, 6.07) is 16.0. The molecule has 0 saturated carbocycles. The minimum absolute atomic E-state index is 0.461. The third kappa shape index (κ3) is 4.00. The fourth-order valence-corrected chi connectivity index (χ4v) is 2.75. The highest BCUT2D eigenvalue weighted by Crippen LogP contribution is 2.25. The van der Waals surface area contributed by atoms with Gasteiger partial charge in [0.25, 0.3) is 0 Å². The third-order valence-electron chi connectivity index (χ3n) is 3.38. The molecule has 0 spiro atoms. The number of nitriles is 1. The molecule has 0 bridgehead atoms. The van der Waals surface area contributed by atoms with E-state index in [9.17, 15) is 0 Å². The maximum absolute atomic E-state index is 9.14. The first-order chi connectivity index (χ1) is 9.92. The number of anilines is 1. The van der Waals surface area contributed by atoms with Crippen molar-refractivity contribution in [2.75, 3.05) is 5.32 Å². The van der Waals surface area contributed by atoms with Crippen molar-refractivity contribution in [3.05, 3.63) is 63.1 Å². The highest BCUT2D eigenvalue weighted by atomic mass is 79.9. The van der Waals surface area contributed by atoms with E-state index in [1.165, 1.54) is 0 Å². The Labute approximate surface area is 138 Å². The Kier molecular flexibility index (Phi) is 4.92. The summed E-state index contributed by atoms with van der Waals surface area (Å²) in [5.41, 5.74) is 2.72. The van der Waals surface area contributed by atoms with Crippen LogP contribution >= 0.6 is 27.5 Å². The van der Waals surface area contributed by atoms with E-state index in [0.717, 1.165) is 21.3 Å². The van der Waals surface area contributed by atoms with Crippen molar-refractivity contribution in [1.29, 1.82) is 5.26 Å². The molecule has 0 saturated heterocycles. The van der Waals surface area contributed by atoms with Gasteiger partial charge < -0.3 is 5.32 Å². The van der Waals surface area contributed by atoms with E-state index in [1.807, 2.05) is 56.3 Å². The Bertz CT molecular complexity index is 672. The topological polar surface area (TPSA) is 35.8 Å². The van der Waals surface area contributed by atoms with Crippen LogP contribution in [-0.4, -0.2) is 0 Å². The lowest BCUT2D eigenvalue weighted by Gasteiger charge is -2.16. The number of nitrogens with one attached hydrogen (secondary N) is 1. The molecule has 0 heterocycles. The smallest absolute Gasteiger partial charge is 0.0766 e. The monoisotopic (exact) mass is 362 g/mol. The van der Waals surface area contributed by atoms with E-state index in [-0.39, 0.29) is 0 Å². The standard InChI is InChI=1S/C17H16BrClN2/c1-17(2,11-20)13-4-7-15(8-5-13)21-10-12-3-6-14(19)9-16(12)18/h3-9,21H,10H2,1-2H3. The largest absolute Gasteiger partial charge is 0.381 e. The maximum Gasteiger partial charge on any atom is 0.0766 e. The highest BCUT2D eigenvalue weighted by Gasteiger charge is 2.18. The lowest BCUT2D eigenvalue weighted by Crippen LogP contribution is -2.13. The van der Waals surface area contributed by atoms with Crippen LogP contribution in [0.25, 0.3) is 0 Å². The van der Waals surface area contributed by atoms with E-state index < -0.39 is 5.41 Å². The van der Waals surface area contributed by atoms with Gasteiger partial charge >= 0.3 is 0 Å². The minimum atomic E-state index is -0.461. The molecule has 1 N–H and O–H groups in total. The quantitative estimate of drug-likeness (QED) is 0.776. The molecule has 108 valence electrons. The highest BCUT2D eigenvalue weighted by molar-refractivity contribution is 9.10. The first-order valence-corrected chi connectivity index (χ1v) is 7.79. The first kappa shape index (κ1) is 15.9. The molecule has 2 nitrogen and oxygen atoms in total. The number of nitrogens with zero attached hydrogens (tertiary/aromatic N) is 1. The van der Waals surface area contributed by atoms with Crippen molar-refractivity contribution in [2.45, 2.75) is 25.8 Å². The number of hydrogen-bond donors (Lipinski definition) is 1. The summed E-state index contributed by atoms with van der Waals surface area (Å²) < 4.78 is 0.990. The summed E-state index contributed by atoms with van der Waals surface area (Å²) in [5, 5.41) is 13.2. The molecule has 0 unspecified atom stereocenters. The summed E-state index contributed by atoms with van der Waals surface area (Å²) >= 11 is 9.44. The van der Waals surface area contributed by atoms with Gasteiger partial charge in [0.15, 0.2) is 0 Å². The molecule has 4 heteroatoms. The third-order valence-corrected chi connectivity index (χ3v) is 4.36. The van der Waals surface area contributed by atoms with Gasteiger partial charge in [-0.2, -0.15) is 5.26 Å². The van der Waals surface area contributed by atoms with Gasteiger partial charge in [-0.25, -0.2) is 0 Å². The van der Waals surface area contributed by atoms with Crippen molar-refractivity contribution in [2.24, 2.45) is 0 Å². The Morgan fingerprint density at radius 1 is 1.19 bits per heavy atom. The molecule has 0 aliphatic rings. The predicted molar refractivity (Wildman–Crippen MR) is 91.6 cm³/mol.